The molecule has 0 spiro atoms. The Balaban J connectivity index is 1.73. The molecule has 0 saturated carbocycles. The molecule has 8 heteroatoms. The highest BCUT2D eigenvalue weighted by molar-refractivity contribution is 7.90. The lowest BCUT2D eigenvalue weighted by molar-refractivity contribution is 0.0971. The summed E-state index contributed by atoms with van der Waals surface area (Å²) in [7, 11) is -4.04. The number of aromatic nitrogens is 2. The summed E-state index contributed by atoms with van der Waals surface area (Å²) in [6.45, 7) is 10.4. The maximum atomic E-state index is 13.3. The molecule has 4 rings (SSSR count). The summed E-state index contributed by atoms with van der Waals surface area (Å²) in [5.74, 6) is -0.728. The third-order valence-corrected chi connectivity index (χ3v) is 7.88. The van der Waals surface area contributed by atoms with E-state index in [0.29, 0.717) is 12.2 Å². The van der Waals surface area contributed by atoms with Crippen LogP contribution in [0.2, 0.25) is 0 Å². The number of aryl methyl sites for hydroxylation is 2. The van der Waals surface area contributed by atoms with E-state index in [4.69, 9.17) is 5.10 Å². The number of carbonyl (C=O) groups excluding carboxylic acids is 1. The van der Waals surface area contributed by atoms with Crippen molar-refractivity contribution in [3.63, 3.8) is 0 Å². The van der Waals surface area contributed by atoms with E-state index in [9.17, 15) is 13.2 Å². The first kappa shape index (κ1) is 26.2. The number of rotatable bonds is 9. The molecule has 0 bridgehead atoms. The average Bonchev–Trinajstić information content (AvgIpc) is 3.32. The molecule has 192 valence electrons. The second-order valence-electron chi connectivity index (χ2n) is 8.91. The Morgan fingerprint density at radius 1 is 0.892 bits per heavy atom. The number of amides is 1. The van der Waals surface area contributed by atoms with Gasteiger partial charge in [-0.25, -0.2) is 13.1 Å². The summed E-state index contributed by atoms with van der Waals surface area (Å²) < 4.78 is 29.5. The molecule has 0 saturated heterocycles. The van der Waals surface area contributed by atoms with Gasteiger partial charge in [-0.1, -0.05) is 48.5 Å². The molecule has 4 aromatic rings. The van der Waals surface area contributed by atoms with Crippen LogP contribution >= 0.6 is 0 Å². The van der Waals surface area contributed by atoms with E-state index in [1.54, 1.807) is 28.9 Å². The van der Waals surface area contributed by atoms with E-state index in [0.717, 1.165) is 41.0 Å². The molecule has 0 unspecified atom stereocenters. The third kappa shape index (κ3) is 5.75. The maximum absolute atomic E-state index is 13.3. The lowest BCUT2D eigenvalue weighted by Gasteiger charge is -2.20. The topological polar surface area (TPSA) is 84.3 Å². The number of carbonyl (C=O) groups is 1. The SMILES string of the molecule is CCN(CC)c1ccc(-c2cc(C(=O)NS(=O)(=O)c3ccccc3)n(Cc3c(C)cccc3C)n2)cc1. The molecular formula is C29H32N4O3S. The normalized spacial score (nSPS) is 11.4. The van der Waals surface area contributed by atoms with Crippen LogP contribution in [0.4, 0.5) is 5.69 Å². The van der Waals surface area contributed by atoms with Crippen molar-refractivity contribution in [1.29, 1.82) is 0 Å². The largest absolute Gasteiger partial charge is 0.372 e. The molecule has 37 heavy (non-hydrogen) atoms. The van der Waals surface area contributed by atoms with E-state index in [1.807, 2.05) is 56.3 Å². The predicted octanol–water partition coefficient (Wildman–Crippen LogP) is 5.18. The quantitative estimate of drug-likeness (QED) is 0.331. The standard InChI is InChI=1S/C29H32N4O3S/c1-5-32(6-2)24-17-15-23(16-18-24)27-19-28(29(34)31-37(35,36)25-13-8-7-9-14-25)33(30-27)20-26-21(3)11-10-12-22(26)4/h7-19H,5-6,20H2,1-4H3,(H,31,34). The zero-order chi connectivity index (χ0) is 26.6. The second kappa shape index (κ2) is 11.0. The minimum absolute atomic E-state index is 0.0244. The highest BCUT2D eigenvalue weighted by Gasteiger charge is 2.23. The number of anilines is 1. The van der Waals surface area contributed by atoms with Gasteiger partial charge in [-0.3, -0.25) is 9.48 Å². The van der Waals surface area contributed by atoms with Crippen molar-refractivity contribution in [2.24, 2.45) is 0 Å². The number of hydrogen-bond acceptors (Lipinski definition) is 5. The molecule has 0 aliphatic rings. The Morgan fingerprint density at radius 2 is 1.51 bits per heavy atom. The minimum atomic E-state index is -4.04. The summed E-state index contributed by atoms with van der Waals surface area (Å²) >= 11 is 0. The molecule has 1 aromatic heterocycles. The number of nitrogens with zero attached hydrogens (tertiary/aromatic N) is 3. The van der Waals surface area contributed by atoms with Gasteiger partial charge < -0.3 is 4.90 Å². The smallest absolute Gasteiger partial charge is 0.283 e. The van der Waals surface area contributed by atoms with Crippen molar-refractivity contribution < 1.29 is 13.2 Å². The zero-order valence-corrected chi connectivity index (χ0v) is 22.4. The van der Waals surface area contributed by atoms with Crippen LogP contribution < -0.4 is 9.62 Å². The van der Waals surface area contributed by atoms with Crippen molar-refractivity contribution >= 4 is 21.6 Å². The Hall–Kier alpha value is -3.91. The van der Waals surface area contributed by atoms with Gasteiger partial charge >= 0.3 is 0 Å². The van der Waals surface area contributed by atoms with E-state index in [-0.39, 0.29) is 10.6 Å². The van der Waals surface area contributed by atoms with Gasteiger partial charge in [0, 0.05) is 24.3 Å². The van der Waals surface area contributed by atoms with Gasteiger partial charge in [0.25, 0.3) is 15.9 Å². The van der Waals surface area contributed by atoms with Crippen LogP contribution in [0.25, 0.3) is 11.3 Å². The Morgan fingerprint density at radius 3 is 2.11 bits per heavy atom. The number of benzene rings is 3. The van der Waals surface area contributed by atoms with E-state index in [1.165, 1.54) is 12.1 Å². The molecule has 1 N–H and O–H groups in total. The van der Waals surface area contributed by atoms with Crippen LogP contribution in [0, 0.1) is 13.8 Å². The number of hydrogen-bond donors (Lipinski definition) is 1. The van der Waals surface area contributed by atoms with Crippen LogP contribution in [0.3, 0.4) is 0 Å². The van der Waals surface area contributed by atoms with Crippen molar-refractivity contribution in [3.05, 3.63) is 101 Å². The summed E-state index contributed by atoms with van der Waals surface area (Å²) in [5.41, 5.74) is 5.90. The fraction of sp³-hybridized carbons (Fsp3) is 0.241. The molecular weight excluding hydrogens is 484 g/mol. The summed E-state index contributed by atoms with van der Waals surface area (Å²) in [5, 5.41) is 4.74. The van der Waals surface area contributed by atoms with E-state index >= 15 is 0 Å². The Bertz CT molecular complexity index is 1470. The van der Waals surface area contributed by atoms with E-state index in [2.05, 4.69) is 23.5 Å². The molecule has 0 fully saturated rings. The van der Waals surface area contributed by atoms with Gasteiger partial charge in [0.2, 0.25) is 0 Å². The van der Waals surface area contributed by atoms with Crippen LogP contribution in [-0.4, -0.2) is 37.2 Å². The molecule has 7 nitrogen and oxygen atoms in total. The van der Waals surface area contributed by atoms with Crippen LogP contribution in [0.1, 0.15) is 41.0 Å². The second-order valence-corrected chi connectivity index (χ2v) is 10.6. The highest BCUT2D eigenvalue weighted by Crippen LogP contribution is 2.25. The van der Waals surface area contributed by atoms with Crippen LogP contribution in [0.15, 0.2) is 83.8 Å². The summed E-state index contributed by atoms with van der Waals surface area (Å²) in [6.07, 6.45) is 0. The van der Waals surface area contributed by atoms with Gasteiger partial charge in [0.05, 0.1) is 17.1 Å². The molecule has 1 amide bonds. The first-order chi connectivity index (χ1) is 17.7. The molecule has 0 radical (unpaired) electrons. The summed E-state index contributed by atoms with van der Waals surface area (Å²) in [4.78, 5) is 15.6. The molecule has 3 aromatic carbocycles. The van der Waals surface area contributed by atoms with Crippen LogP contribution in [0.5, 0.6) is 0 Å². The first-order valence-corrected chi connectivity index (χ1v) is 13.8. The number of nitrogens with one attached hydrogen (secondary N) is 1. The van der Waals surface area contributed by atoms with Crippen molar-refractivity contribution in [2.45, 2.75) is 39.1 Å². The fourth-order valence-electron chi connectivity index (χ4n) is 4.37. The summed E-state index contributed by atoms with van der Waals surface area (Å²) in [6, 6.07) is 23.5. The predicted molar refractivity (Wildman–Crippen MR) is 147 cm³/mol. The monoisotopic (exact) mass is 516 g/mol. The minimum Gasteiger partial charge on any atom is -0.372 e. The Labute approximate surface area is 218 Å². The first-order valence-electron chi connectivity index (χ1n) is 12.3. The Kier molecular flexibility index (Phi) is 7.78. The van der Waals surface area contributed by atoms with Crippen molar-refractivity contribution in [1.82, 2.24) is 14.5 Å². The van der Waals surface area contributed by atoms with Gasteiger partial charge in [0.15, 0.2) is 0 Å². The van der Waals surface area contributed by atoms with Gasteiger partial charge in [0.1, 0.15) is 5.69 Å². The average molecular weight is 517 g/mol. The van der Waals surface area contributed by atoms with Gasteiger partial charge in [-0.05, 0) is 74.7 Å². The lowest BCUT2D eigenvalue weighted by atomic mass is 10.0. The molecule has 0 atom stereocenters. The molecule has 1 heterocycles. The third-order valence-electron chi connectivity index (χ3n) is 6.54. The highest BCUT2D eigenvalue weighted by atomic mass is 32.2. The van der Waals surface area contributed by atoms with Crippen molar-refractivity contribution in [3.8, 4) is 11.3 Å². The van der Waals surface area contributed by atoms with Crippen LogP contribution in [-0.2, 0) is 16.6 Å². The molecule has 0 aliphatic carbocycles. The fourth-order valence-corrected chi connectivity index (χ4v) is 5.36. The van der Waals surface area contributed by atoms with Crippen molar-refractivity contribution in [2.75, 3.05) is 18.0 Å². The van der Waals surface area contributed by atoms with Gasteiger partial charge in [-0.2, -0.15) is 5.10 Å². The molecule has 0 aliphatic heterocycles. The lowest BCUT2D eigenvalue weighted by Crippen LogP contribution is -2.32. The zero-order valence-electron chi connectivity index (χ0n) is 21.6. The van der Waals surface area contributed by atoms with Gasteiger partial charge in [-0.15, -0.1) is 0 Å². The number of sulfonamides is 1. The van der Waals surface area contributed by atoms with E-state index < -0.39 is 15.9 Å². The maximum Gasteiger partial charge on any atom is 0.283 e.